The van der Waals surface area contributed by atoms with E-state index in [1.807, 2.05) is 0 Å². The van der Waals surface area contributed by atoms with Crippen molar-refractivity contribution in [3.63, 3.8) is 0 Å². The van der Waals surface area contributed by atoms with E-state index in [9.17, 15) is 13.2 Å². The van der Waals surface area contributed by atoms with Gasteiger partial charge in [-0.05, 0) is 47.5 Å². The third-order valence-corrected chi connectivity index (χ3v) is 6.78. The average Bonchev–Trinajstić information content (AvgIpc) is 2.72. The fourth-order valence-electron chi connectivity index (χ4n) is 3.14. The van der Waals surface area contributed by atoms with E-state index < -0.39 is 16.2 Å². The second kappa shape index (κ2) is 8.28. The fraction of sp³-hybridized carbons (Fsp3) is 0.0952. The maximum atomic E-state index is 12.5. The first-order valence-electron chi connectivity index (χ1n) is 9.03. The Morgan fingerprint density at radius 3 is 2.47 bits per heavy atom. The van der Waals surface area contributed by atoms with E-state index in [-0.39, 0.29) is 17.3 Å². The number of nitrogens with one attached hydrogen (secondary N) is 3. The monoisotopic (exact) mass is 461 g/mol. The molecule has 1 amide bonds. The van der Waals surface area contributed by atoms with Gasteiger partial charge in [-0.2, -0.15) is 4.72 Å². The molecule has 3 N–H and O–H groups in total. The van der Waals surface area contributed by atoms with Gasteiger partial charge in [0.25, 0.3) is 5.91 Å². The number of para-hydroxylation sites is 1. The lowest BCUT2D eigenvalue weighted by molar-refractivity contribution is 0.0951. The van der Waals surface area contributed by atoms with Gasteiger partial charge < -0.3 is 10.6 Å². The maximum absolute atomic E-state index is 12.5. The average molecular weight is 462 g/mol. The van der Waals surface area contributed by atoms with Crippen molar-refractivity contribution in [2.45, 2.75) is 17.6 Å². The number of carbonyl (C=O) groups is 1. The highest BCUT2D eigenvalue weighted by Crippen LogP contribution is 2.30. The summed E-state index contributed by atoms with van der Waals surface area (Å²) in [5, 5.41) is 6.97. The van der Waals surface area contributed by atoms with Crippen LogP contribution in [0.4, 0.5) is 5.69 Å². The van der Waals surface area contributed by atoms with Gasteiger partial charge in [-0.3, -0.25) is 4.79 Å². The predicted octanol–water partition coefficient (Wildman–Crippen LogP) is 4.33. The van der Waals surface area contributed by atoms with Crippen LogP contribution in [-0.4, -0.2) is 14.3 Å². The SMILES string of the molecule is O=C(NCc1ccc(Cl)cc1Cl)c1ccc(C2Nc3ccccc3S(=O)(=O)N2)cc1. The van der Waals surface area contributed by atoms with Crippen molar-refractivity contribution in [2.75, 3.05) is 5.32 Å². The van der Waals surface area contributed by atoms with Gasteiger partial charge in [0.15, 0.2) is 0 Å². The van der Waals surface area contributed by atoms with Gasteiger partial charge in [-0.1, -0.05) is 53.5 Å². The van der Waals surface area contributed by atoms with E-state index >= 15 is 0 Å². The lowest BCUT2D eigenvalue weighted by Crippen LogP contribution is -2.38. The molecule has 0 aliphatic carbocycles. The van der Waals surface area contributed by atoms with Crippen LogP contribution in [0, 0.1) is 0 Å². The first-order valence-corrected chi connectivity index (χ1v) is 11.3. The molecule has 3 aromatic carbocycles. The molecule has 154 valence electrons. The van der Waals surface area contributed by atoms with E-state index in [1.54, 1.807) is 66.7 Å². The number of sulfonamides is 1. The van der Waals surface area contributed by atoms with Crippen LogP contribution < -0.4 is 15.4 Å². The summed E-state index contributed by atoms with van der Waals surface area (Å²) < 4.78 is 27.5. The number of carbonyl (C=O) groups excluding carboxylic acids is 1. The number of fused-ring (bicyclic) bond motifs is 1. The number of rotatable bonds is 4. The molecule has 0 bridgehead atoms. The molecule has 0 saturated carbocycles. The molecule has 0 aromatic heterocycles. The molecule has 1 heterocycles. The normalized spacial score (nSPS) is 16.9. The van der Waals surface area contributed by atoms with E-state index in [2.05, 4.69) is 15.4 Å². The number of amides is 1. The standard InChI is InChI=1S/C21H17Cl2N3O3S/c22-16-10-9-15(17(23)11-16)12-24-21(27)14-7-5-13(6-8-14)20-25-18-3-1-2-4-19(18)30(28,29)26-20/h1-11,20,25-26H,12H2,(H,24,27). The molecule has 0 radical (unpaired) electrons. The first kappa shape index (κ1) is 20.7. The lowest BCUT2D eigenvalue weighted by atomic mass is 10.1. The Morgan fingerprint density at radius 2 is 1.73 bits per heavy atom. The number of benzene rings is 3. The molecule has 1 aliphatic rings. The van der Waals surface area contributed by atoms with Crippen molar-refractivity contribution in [1.29, 1.82) is 0 Å². The number of hydrogen-bond acceptors (Lipinski definition) is 4. The van der Waals surface area contributed by atoms with Gasteiger partial charge >= 0.3 is 0 Å². The molecule has 0 fully saturated rings. The Hall–Kier alpha value is -2.58. The molecule has 4 rings (SSSR count). The third kappa shape index (κ3) is 4.29. The van der Waals surface area contributed by atoms with Crippen LogP contribution in [0.1, 0.15) is 27.7 Å². The Morgan fingerprint density at radius 1 is 1.00 bits per heavy atom. The van der Waals surface area contributed by atoms with Gasteiger partial charge in [-0.15, -0.1) is 0 Å². The van der Waals surface area contributed by atoms with Crippen LogP contribution in [0.3, 0.4) is 0 Å². The summed E-state index contributed by atoms with van der Waals surface area (Å²) in [6.07, 6.45) is -0.630. The Labute approximate surface area is 184 Å². The molecule has 3 aromatic rings. The van der Waals surface area contributed by atoms with Gasteiger partial charge in [0.1, 0.15) is 11.1 Å². The highest BCUT2D eigenvalue weighted by molar-refractivity contribution is 7.89. The van der Waals surface area contributed by atoms with E-state index in [4.69, 9.17) is 23.2 Å². The second-order valence-corrected chi connectivity index (χ2v) is 9.26. The lowest BCUT2D eigenvalue weighted by Gasteiger charge is -2.28. The van der Waals surface area contributed by atoms with Crippen LogP contribution in [0.15, 0.2) is 71.6 Å². The molecule has 0 saturated heterocycles. The molecule has 30 heavy (non-hydrogen) atoms. The summed E-state index contributed by atoms with van der Waals surface area (Å²) in [4.78, 5) is 12.6. The summed E-state index contributed by atoms with van der Waals surface area (Å²) in [6, 6.07) is 18.5. The smallest absolute Gasteiger partial charge is 0.251 e. The summed E-state index contributed by atoms with van der Waals surface area (Å²) in [6.45, 7) is 0.261. The number of hydrogen-bond donors (Lipinski definition) is 3. The van der Waals surface area contributed by atoms with Crippen molar-refractivity contribution in [3.05, 3.63) is 93.5 Å². The molecule has 0 spiro atoms. The van der Waals surface area contributed by atoms with Crippen molar-refractivity contribution >= 4 is 44.8 Å². The third-order valence-electron chi connectivity index (χ3n) is 4.71. The predicted molar refractivity (Wildman–Crippen MR) is 117 cm³/mol. The Bertz CT molecular complexity index is 1210. The molecular formula is C21H17Cl2N3O3S. The highest BCUT2D eigenvalue weighted by atomic mass is 35.5. The van der Waals surface area contributed by atoms with E-state index in [0.717, 1.165) is 5.56 Å². The number of anilines is 1. The Kier molecular flexibility index (Phi) is 5.71. The second-order valence-electron chi connectivity index (χ2n) is 6.74. The zero-order chi connectivity index (χ0) is 21.3. The van der Waals surface area contributed by atoms with Gasteiger partial charge in [-0.25, -0.2) is 8.42 Å². The van der Waals surface area contributed by atoms with E-state index in [1.165, 1.54) is 0 Å². The zero-order valence-electron chi connectivity index (χ0n) is 15.5. The van der Waals surface area contributed by atoms with Gasteiger partial charge in [0, 0.05) is 22.2 Å². The van der Waals surface area contributed by atoms with Crippen molar-refractivity contribution in [1.82, 2.24) is 10.0 Å². The Balaban J connectivity index is 1.46. The molecule has 6 nitrogen and oxygen atoms in total. The summed E-state index contributed by atoms with van der Waals surface area (Å²) in [5.74, 6) is -0.268. The van der Waals surface area contributed by atoms with Gasteiger partial charge in [0.05, 0.1) is 5.69 Å². The summed E-state index contributed by atoms with van der Waals surface area (Å²) >= 11 is 12.0. The minimum atomic E-state index is -3.63. The first-order chi connectivity index (χ1) is 14.3. The van der Waals surface area contributed by atoms with Gasteiger partial charge in [0.2, 0.25) is 10.0 Å². The fourth-order valence-corrected chi connectivity index (χ4v) is 4.93. The van der Waals surface area contributed by atoms with E-state index in [0.29, 0.717) is 26.9 Å². The topological polar surface area (TPSA) is 87.3 Å². The molecule has 1 aliphatic heterocycles. The molecule has 9 heteroatoms. The maximum Gasteiger partial charge on any atom is 0.251 e. The van der Waals surface area contributed by atoms with Crippen molar-refractivity contribution in [3.8, 4) is 0 Å². The van der Waals surface area contributed by atoms with Crippen LogP contribution in [-0.2, 0) is 16.6 Å². The van der Waals surface area contributed by atoms with Crippen LogP contribution in [0.25, 0.3) is 0 Å². The quantitative estimate of drug-likeness (QED) is 0.539. The highest BCUT2D eigenvalue weighted by Gasteiger charge is 2.29. The minimum absolute atomic E-state index is 0.207. The minimum Gasteiger partial charge on any atom is -0.364 e. The number of halogens is 2. The van der Waals surface area contributed by atoms with Crippen LogP contribution in [0.2, 0.25) is 10.0 Å². The zero-order valence-corrected chi connectivity index (χ0v) is 17.9. The van der Waals surface area contributed by atoms with Crippen LogP contribution in [0.5, 0.6) is 0 Å². The summed E-state index contributed by atoms with van der Waals surface area (Å²) in [5.41, 5.74) is 2.42. The molecule has 1 unspecified atom stereocenters. The van der Waals surface area contributed by atoms with Crippen LogP contribution >= 0.6 is 23.2 Å². The molecule has 1 atom stereocenters. The molecular weight excluding hydrogens is 445 g/mol. The van der Waals surface area contributed by atoms with Crippen molar-refractivity contribution < 1.29 is 13.2 Å². The largest absolute Gasteiger partial charge is 0.364 e. The summed E-state index contributed by atoms with van der Waals surface area (Å²) in [7, 11) is -3.63. The van der Waals surface area contributed by atoms with Crippen molar-refractivity contribution in [2.24, 2.45) is 0 Å².